The number of hydrogen-bond acceptors (Lipinski definition) is 6. The number of amides is 2. The molecule has 0 aromatic carbocycles. The van der Waals surface area contributed by atoms with Crippen molar-refractivity contribution >= 4 is 17.8 Å². The third-order valence-corrected chi connectivity index (χ3v) is 6.20. The van der Waals surface area contributed by atoms with E-state index in [9.17, 15) is 9.59 Å². The van der Waals surface area contributed by atoms with Crippen molar-refractivity contribution in [2.45, 2.75) is 52.6 Å². The Bertz CT molecular complexity index is 964. The van der Waals surface area contributed by atoms with Crippen LogP contribution in [0, 0.1) is 18.3 Å². The van der Waals surface area contributed by atoms with E-state index in [0.29, 0.717) is 24.6 Å². The summed E-state index contributed by atoms with van der Waals surface area (Å²) >= 11 is 0. The third-order valence-electron chi connectivity index (χ3n) is 6.20. The Morgan fingerprint density at radius 2 is 1.90 bits per heavy atom. The number of rotatable bonds is 3. The van der Waals surface area contributed by atoms with Crippen molar-refractivity contribution in [2.24, 2.45) is 18.4 Å². The molecule has 31 heavy (non-hydrogen) atoms. The number of piperidine rings is 1. The van der Waals surface area contributed by atoms with Gasteiger partial charge in [-0.05, 0) is 70.1 Å². The van der Waals surface area contributed by atoms with Crippen molar-refractivity contribution in [1.82, 2.24) is 24.9 Å². The van der Waals surface area contributed by atoms with Crippen molar-refractivity contribution in [3.63, 3.8) is 0 Å². The Morgan fingerprint density at radius 3 is 2.45 bits per heavy atom. The number of aryl methyl sites for hydroxylation is 2. The molecule has 1 unspecified atom stereocenters. The molecule has 1 saturated heterocycles. The maximum Gasteiger partial charge on any atom is 0.410 e. The molecule has 1 atom stereocenters. The molecule has 1 aliphatic heterocycles. The highest BCUT2D eigenvalue weighted by Crippen LogP contribution is 2.59. The van der Waals surface area contributed by atoms with E-state index in [1.807, 2.05) is 40.8 Å². The molecule has 4 rings (SSSR count). The highest BCUT2D eigenvalue weighted by molar-refractivity contribution is 5.94. The zero-order valence-electron chi connectivity index (χ0n) is 18.8. The maximum absolute atomic E-state index is 12.8. The Balaban J connectivity index is 1.32. The van der Waals surface area contributed by atoms with Crippen molar-refractivity contribution in [1.29, 1.82) is 0 Å². The number of carbonyl (C=O) groups is 2. The van der Waals surface area contributed by atoms with E-state index in [2.05, 4.69) is 20.6 Å². The lowest BCUT2D eigenvalue weighted by atomic mass is 9.91. The first-order valence-electron chi connectivity index (χ1n) is 10.7. The highest BCUT2D eigenvalue weighted by Gasteiger charge is 2.59. The second kappa shape index (κ2) is 7.62. The van der Waals surface area contributed by atoms with Gasteiger partial charge < -0.3 is 15.0 Å². The normalized spacial score (nSPS) is 19.9. The molecule has 166 valence electrons. The summed E-state index contributed by atoms with van der Waals surface area (Å²) in [6.07, 6.45) is 3.99. The number of ether oxygens (including phenoxy) is 1. The zero-order chi connectivity index (χ0) is 22.4. The van der Waals surface area contributed by atoms with Crippen LogP contribution >= 0.6 is 0 Å². The fraction of sp³-hybridized carbons (Fsp3) is 0.591. The molecule has 2 aromatic rings. The van der Waals surface area contributed by atoms with Crippen LogP contribution in [0.5, 0.6) is 0 Å². The minimum Gasteiger partial charge on any atom is -0.444 e. The number of carbonyl (C=O) groups excluding carboxylic acids is 2. The molecule has 1 aliphatic carbocycles. The fourth-order valence-corrected chi connectivity index (χ4v) is 4.39. The van der Waals surface area contributed by atoms with Gasteiger partial charge in [0.15, 0.2) is 5.82 Å². The third kappa shape index (κ3) is 4.40. The molecule has 1 spiro atoms. The molecule has 3 heterocycles. The van der Waals surface area contributed by atoms with Crippen molar-refractivity contribution < 1.29 is 14.3 Å². The lowest BCUT2D eigenvalue weighted by Crippen LogP contribution is -2.43. The highest BCUT2D eigenvalue weighted by atomic mass is 16.6. The summed E-state index contributed by atoms with van der Waals surface area (Å²) < 4.78 is 7.22. The Kier molecular flexibility index (Phi) is 5.23. The summed E-state index contributed by atoms with van der Waals surface area (Å²) in [5, 5.41) is 15.6. The molecule has 9 nitrogen and oxygen atoms in total. The summed E-state index contributed by atoms with van der Waals surface area (Å²) in [4.78, 5) is 26.8. The van der Waals surface area contributed by atoms with E-state index in [0.717, 1.165) is 30.5 Å². The monoisotopic (exact) mass is 426 g/mol. The lowest BCUT2D eigenvalue weighted by molar-refractivity contribution is -0.118. The summed E-state index contributed by atoms with van der Waals surface area (Å²) in [6, 6.07) is 3.61. The van der Waals surface area contributed by atoms with E-state index in [1.54, 1.807) is 21.8 Å². The maximum atomic E-state index is 12.8. The summed E-state index contributed by atoms with van der Waals surface area (Å²) in [5.74, 6) is 0.375. The molecule has 1 N–H and O–H groups in total. The average molecular weight is 427 g/mol. The second-order valence-corrected chi connectivity index (χ2v) is 9.68. The number of anilines is 1. The fourth-order valence-electron chi connectivity index (χ4n) is 4.39. The number of aromatic nitrogens is 4. The van der Waals surface area contributed by atoms with Crippen LogP contribution < -0.4 is 5.32 Å². The standard InChI is InChI=1S/C22H30N6O3/c1-14-13-23-27(5)18(14)16-6-7-17(26-25-16)24-19(29)15-12-22(15)8-10-28(11-9-22)20(30)31-21(2,3)4/h6-7,13,15H,8-12H2,1-5H3,(H,24,26,29). The van der Waals surface area contributed by atoms with E-state index >= 15 is 0 Å². The molecule has 2 aliphatic rings. The van der Waals surface area contributed by atoms with Crippen LogP contribution in [0.15, 0.2) is 18.3 Å². The molecule has 9 heteroatoms. The zero-order valence-corrected chi connectivity index (χ0v) is 18.8. The van der Waals surface area contributed by atoms with Gasteiger partial charge in [0.05, 0.1) is 11.9 Å². The Hall–Kier alpha value is -2.97. The molecule has 0 bridgehead atoms. The van der Waals surface area contributed by atoms with Crippen LogP contribution in [0.2, 0.25) is 0 Å². The van der Waals surface area contributed by atoms with Crippen molar-refractivity contribution in [2.75, 3.05) is 18.4 Å². The van der Waals surface area contributed by atoms with Gasteiger partial charge in [-0.2, -0.15) is 5.10 Å². The largest absolute Gasteiger partial charge is 0.444 e. The van der Waals surface area contributed by atoms with E-state index in [1.165, 1.54) is 0 Å². The molecule has 0 radical (unpaired) electrons. The van der Waals surface area contributed by atoms with Gasteiger partial charge >= 0.3 is 6.09 Å². The predicted octanol–water partition coefficient (Wildman–Crippen LogP) is 3.16. The van der Waals surface area contributed by atoms with Crippen molar-refractivity contribution in [3.8, 4) is 11.4 Å². The molecule has 2 fully saturated rings. The predicted molar refractivity (Wildman–Crippen MR) is 115 cm³/mol. The first-order chi connectivity index (χ1) is 14.6. The Labute approximate surface area is 182 Å². The van der Waals surface area contributed by atoms with Gasteiger partial charge in [0.25, 0.3) is 0 Å². The lowest BCUT2D eigenvalue weighted by Gasteiger charge is -2.34. The second-order valence-electron chi connectivity index (χ2n) is 9.68. The van der Waals surface area contributed by atoms with Crippen LogP contribution in [0.4, 0.5) is 10.6 Å². The van der Waals surface area contributed by atoms with Crippen molar-refractivity contribution in [3.05, 3.63) is 23.9 Å². The van der Waals surface area contributed by atoms with Crippen LogP contribution in [-0.4, -0.2) is 55.6 Å². The molecule has 2 amide bonds. The van der Waals surface area contributed by atoms with Gasteiger partial charge in [-0.25, -0.2) is 4.79 Å². The van der Waals surface area contributed by atoms with Crippen LogP contribution in [-0.2, 0) is 16.6 Å². The summed E-state index contributed by atoms with van der Waals surface area (Å²) in [6.45, 7) is 8.82. The van der Waals surface area contributed by atoms with Gasteiger partial charge in [0, 0.05) is 26.1 Å². The summed E-state index contributed by atoms with van der Waals surface area (Å²) in [5.41, 5.74) is 2.13. The smallest absolute Gasteiger partial charge is 0.410 e. The average Bonchev–Trinajstić information content (AvgIpc) is 3.29. The minimum atomic E-state index is -0.500. The summed E-state index contributed by atoms with van der Waals surface area (Å²) in [7, 11) is 1.86. The number of nitrogens with zero attached hydrogens (tertiary/aromatic N) is 5. The Morgan fingerprint density at radius 1 is 1.19 bits per heavy atom. The number of likely N-dealkylation sites (tertiary alicyclic amines) is 1. The van der Waals surface area contributed by atoms with Crippen LogP contribution in [0.3, 0.4) is 0 Å². The molecular formula is C22H30N6O3. The van der Waals surface area contributed by atoms with Crippen LogP contribution in [0.1, 0.15) is 45.6 Å². The van der Waals surface area contributed by atoms with Gasteiger partial charge in [-0.3, -0.25) is 9.48 Å². The minimum absolute atomic E-state index is 0.0121. The number of hydrogen-bond donors (Lipinski definition) is 1. The van der Waals surface area contributed by atoms with Gasteiger partial charge in [0.2, 0.25) is 5.91 Å². The quantitative estimate of drug-likeness (QED) is 0.809. The van der Waals surface area contributed by atoms with E-state index < -0.39 is 5.60 Å². The van der Waals surface area contributed by atoms with Crippen LogP contribution in [0.25, 0.3) is 11.4 Å². The molecule has 2 aromatic heterocycles. The SMILES string of the molecule is Cc1cnn(C)c1-c1ccc(NC(=O)C2CC23CCN(C(=O)OC(C)(C)C)CC3)nn1. The molecule has 1 saturated carbocycles. The number of nitrogens with one attached hydrogen (secondary N) is 1. The van der Waals surface area contributed by atoms with E-state index in [4.69, 9.17) is 4.74 Å². The van der Waals surface area contributed by atoms with Gasteiger partial charge in [-0.1, -0.05) is 0 Å². The van der Waals surface area contributed by atoms with Gasteiger partial charge in [0.1, 0.15) is 11.3 Å². The van der Waals surface area contributed by atoms with E-state index in [-0.39, 0.29) is 23.3 Å². The first kappa shape index (κ1) is 21.3. The topological polar surface area (TPSA) is 102 Å². The van der Waals surface area contributed by atoms with Gasteiger partial charge in [-0.15, -0.1) is 10.2 Å². The molecular weight excluding hydrogens is 396 g/mol. The first-order valence-corrected chi connectivity index (χ1v) is 10.7.